The minimum atomic E-state index is 0.242. The van der Waals surface area contributed by atoms with Crippen molar-refractivity contribution in [1.29, 1.82) is 0 Å². The average Bonchev–Trinajstić information content (AvgIpc) is 3.05. The molecule has 21 heavy (non-hydrogen) atoms. The zero-order chi connectivity index (χ0) is 15.0. The molecule has 2 N–H and O–H groups in total. The van der Waals surface area contributed by atoms with Crippen LogP contribution in [0.15, 0.2) is 18.2 Å². The maximum Gasteiger partial charge on any atom is 0.231 e. The van der Waals surface area contributed by atoms with Gasteiger partial charge in [0.1, 0.15) is 0 Å². The predicted octanol–water partition coefficient (Wildman–Crippen LogP) is 1.30. The summed E-state index contributed by atoms with van der Waals surface area (Å²) in [5.74, 6) is 2.32. The number of likely N-dealkylation sites (N-methyl/N-ethyl adjacent to an activating group) is 1. The number of ether oxygens (including phenoxy) is 2. The van der Waals surface area contributed by atoms with Crippen molar-refractivity contribution < 1.29 is 9.47 Å². The van der Waals surface area contributed by atoms with Gasteiger partial charge >= 0.3 is 0 Å². The van der Waals surface area contributed by atoms with Gasteiger partial charge in [0.25, 0.3) is 0 Å². The first kappa shape index (κ1) is 14.6. The highest BCUT2D eigenvalue weighted by molar-refractivity contribution is 5.45. The minimum absolute atomic E-state index is 0.242. The van der Waals surface area contributed by atoms with Crippen molar-refractivity contribution in [3.05, 3.63) is 23.8 Å². The normalized spacial score (nSPS) is 26.5. The van der Waals surface area contributed by atoms with E-state index >= 15 is 0 Å². The first-order valence-electron chi connectivity index (χ1n) is 7.60. The van der Waals surface area contributed by atoms with Crippen LogP contribution >= 0.6 is 0 Å². The lowest BCUT2D eigenvalue weighted by Crippen LogP contribution is -2.36. The fraction of sp³-hybridized carbons (Fsp3) is 0.625. The summed E-state index contributed by atoms with van der Waals surface area (Å²) >= 11 is 0. The van der Waals surface area contributed by atoms with E-state index in [1.54, 1.807) is 0 Å². The van der Waals surface area contributed by atoms with Crippen molar-refractivity contribution in [3.63, 3.8) is 0 Å². The molecule has 3 unspecified atom stereocenters. The second-order valence-corrected chi connectivity index (χ2v) is 6.33. The quantitative estimate of drug-likeness (QED) is 0.906. The van der Waals surface area contributed by atoms with Gasteiger partial charge in [0.15, 0.2) is 11.5 Å². The summed E-state index contributed by atoms with van der Waals surface area (Å²) in [4.78, 5) is 4.81. The zero-order valence-corrected chi connectivity index (χ0v) is 13.1. The summed E-state index contributed by atoms with van der Waals surface area (Å²) in [6.45, 7) is 5.39. The van der Waals surface area contributed by atoms with Gasteiger partial charge in [-0.2, -0.15) is 0 Å². The van der Waals surface area contributed by atoms with E-state index in [1.165, 1.54) is 5.56 Å². The number of likely N-dealkylation sites (tertiary alicyclic amines) is 1. The molecule has 0 saturated carbocycles. The van der Waals surface area contributed by atoms with Crippen LogP contribution < -0.4 is 15.2 Å². The van der Waals surface area contributed by atoms with Gasteiger partial charge in [0.05, 0.1) is 0 Å². The van der Waals surface area contributed by atoms with E-state index in [0.717, 1.165) is 24.6 Å². The van der Waals surface area contributed by atoms with Crippen LogP contribution in [0, 0.1) is 5.92 Å². The molecule has 5 nitrogen and oxygen atoms in total. The summed E-state index contributed by atoms with van der Waals surface area (Å²) in [6.07, 6.45) is 0. The second kappa shape index (κ2) is 5.83. The van der Waals surface area contributed by atoms with Crippen molar-refractivity contribution in [1.82, 2.24) is 9.80 Å². The number of nitrogens with two attached hydrogens (primary N) is 1. The lowest BCUT2D eigenvalue weighted by atomic mass is 10.0. The highest BCUT2D eigenvalue weighted by atomic mass is 16.7. The van der Waals surface area contributed by atoms with Gasteiger partial charge in [0.2, 0.25) is 6.79 Å². The fourth-order valence-electron chi connectivity index (χ4n) is 3.53. The SMILES string of the molecule is CC1CN(C(CN)c2ccc3c(c2)OCO3)CC1N(C)C. The minimum Gasteiger partial charge on any atom is -0.454 e. The molecule has 0 radical (unpaired) electrons. The van der Waals surface area contributed by atoms with Crippen molar-refractivity contribution in [3.8, 4) is 11.5 Å². The lowest BCUT2D eigenvalue weighted by Gasteiger charge is -2.28. The molecule has 5 heteroatoms. The highest BCUT2D eigenvalue weighted by Gasteiger charge is 2.35. The molecule has 3 rings (SSSR count). The molecule has 0 amide bonds. The number of hydrogen-bond acceptors (Lipinski definition) is 5. The fourth-order valence-corrected chi connectivity index (χ4v) is 3.53. The Labute approximate surface area is 126 Å². The molecule has 116 valence electrons. The van der Waals surface area contributed by atoms with Crippen LogP contribution in [0.5, 0.6) is 11.5 Å². The molecular formula is C16H25N3O2. The molecule has 2 aliphatic rings. The summed E-state index contributed by atoms with van der Waals surface area (Å²) in [6, 6.07) is 7.01. The molecule has 2 heterocycles. The van der Waals surface area contributed by atoms with Crippen molar-refractivity contribution in [2.24, 2.45) is 11.7 Å². The first-order valence-corrected chi connectivity index (χ1v) is 7.60. The van der Waals surface area contributed by atoms with Crippen molar-refractivity contribution >= 4 is 0 Å². The zero-order valence-electron chi connectivity index (χ0n) is 13.1. The molecule has 0 aromatic heterocycles. The van der Waals surface area contributed by atoms with Crippen LogP contribution in [0.2, 0.25) is 0 Å². The molecule has 1 aromatic rings. The number of hydrogen-bond donors (Lipinski definition) is 1. The van der Waals surface area contributed by atoms with E-state index in [2.05, 4.69) is 43.0 Å². The Balaban J connectivity index is 1.79. The van der Waals surface area contributed by atoms with Crippen LogP contribution in [0.4, 0.5) is 0 Å². The van der Waals surface area contributed by atoms with E-state index in [0.29, 0.717) is 25.3 Å². The Morgan fingerprint density at radius 1 is 1.29 bits per heavy atom. The van der Waals surface area contributed by atoms with E-state index in [4.69, 9.17) is 15.2 Å². The van der Waals surface area contributed by atoms with Gasteiger partial charge in [-0.1, -0.05) is 13.0 Å². The van der Waals surface area contributed by atoms with Crippen molar-refractivity contribution in [2.75, 3.05) is 40.5 Å². The molecule has 0 bridgehead atoms. The third-order valence-corrected chi connectivity index (χ3v) is 4.71. The van der Waals surface area contributed by atoms with Crippen LogP contribution in [0.25, 0.3) is 0 Å². The third kappa shape index (κ3) is 2.73. The predicted molar refractivity (Wildman–Crippen MR) is 82.6 cm³/mol. The summed E-state index contributed by atoms with van der Waals surface area (Å²) in [5, 5.41) is 0. The molecule has 3 atom stereocenters. The Hall–Kier alpha value is -1.30. The van der Waals surface area contributed by atoms with Gasteiger partial charge in [-0.15, -0.1) is 0 Å². The Morgan fingerprint density at radius 2 is 2.05 bits per heavy atom. The Kier molecular flexibility index (Phi) is 4.06. The second-order valence-electron chi connectivity index (χ2n) is 6.33. The lowest BCUT2D eigenvalue weighted by molar-refractivity contribution is 0.173. The van der Waals surface area contributed by atoms with Gasteiger partial charge in [-0.25, -0.2) is 0 Å². The standard InChI is InChI=1S/C16H25N3O2/c1-11-8-19(9-14(11)18(2)3)13(7-17)12-4-5-15-16(6-12)21-10-20-15/h4-6,11,13-14H,7-10,17H2,1-3H3. The van der Waals surface area contributed by atoms with Crippen LogP contribution in [0.1, 0.15) is 18.5 Å². The van der Waals surface area contributed by atoms with Gasteiger partial charge in [0, 0.05) is 31.7 Å². The van der Waals surface area contributed by atoms with Crippen LogP contribution in [-0.4, -0.2) is 56.4 Å². The van der Waals surface area contributed by atoms with E-state index < -0.39 is 0 Å². The third-order valence-electron chi connectivity index (χ3n) is 4.71. The van der Waals surface area contributed by atoms with Crippen molar-refractivity contribution in [2.45, 2.75) is 19.0 Å². The Morgan fingerprint density at radius 3 is 2.71 bits per heavy atom. The smallest absolute Gasteiger partial charge is 0.231 e. The molecule has 1 fully saturated rings. The van der Waals surface area contributed by atoms with Gasteiger partial charge in [-0.05, 0) is 37.7 Å². The molecular weight excluding hydrogens is 266 g/mol. The largest absolute Gasteiger partial charge is 0.454 e. The first-order chi connectivity index (χ1) is 10.1. The average molecular weight is 291 g/mol. The van der Waals surface area contributed by atoms with Crippen LogP contribution in [0.3, 0.4) is 0 Å². The molecule has 2 aliphatic heterocycles. The molecule has 0 aliphatic carbocycles. The van der Waals surface area contributed by atoms with Crippen LogP contribution in [-0.2, 0) is 0 Å². The number of rotatable bonds is 4. The number of nitrogens with zero attached hydrogens (tertiary/aromatic N) is 2. The summed E-state index contributed by atoms with van der Waals surface area (Å²) < 4.78 is 10.9. The topological polar surface area (TPSA) is 51.0 Å². The summed E-state index contributed by atoms with van der Waals surface area (Å²) in [5.41, 5.74) is 7.29. The monoisotopic (exact) mass is 291 g/mol. The maximum absolute atomic E-state index is 6.07. The molecule has 0 spiro atoms. The maximum atomic E-state index is 6.07. The number of benzene rings is 1. The summed E-state index contributed by atoms with van der Waals surface area (Å²) in [7, 11) is 4.31. The molecule has 1 aromatic carbocycles. The number of fused-ring (bicyclic) bond motifs is 1. The Bertz CT molecular complexity index is 506. The van der Waals surface area contributed by atoms with E-state index in [9.17, 15) is 0 Å². The van der Waals surface area contributed by atoms with Gasteiger partial charge < -0.3 is 20.1 Å². The van der Waals surface area contributed by atoms with E-state index in [1.807, 2.05) is 6.07 Å². The van der Waals surface area contributed by atoms with E-state index in [-0.39, 0.29) is 6.04 Å². The highest BCUT2D eigenvalue weighted by Crippen LogP contribution is 2.36. The molecule has 1 saturated heterocycles. The van der Waals surface area contributed by atoms with Gasteiger partial charge in [-0.3, -0.25) is 4.90 Å².